The maximum Gasteiger partial charge on any atom is 0.194 e. The number of hydrogen-bond donors (Lipinski definition) is 1. The van der Waals surface area contributed by atoms with Crippen molar-refractivity contribution in [1.29, 1.82) is 0 Å². The smallest absolute Gasteiger partial charge is 0.194 e. The van der Waals surface area contributed by atoms with Gasteiger partial charge in [0, 0.05) is 34.9 Å². The molecule has 3 heterocycles. The lowest BCUT2D eigenvalue weighted by Crippen LogP contribution is -1.90. The second-order valence-corrected chi connectivity index (χ2v) is 7.02. The predicted molar refractivity (Wildman–Crippen MR) is 103 cm³/mol. The molecule has 0 atom stereocenters. The van der Waals surface area contributed by atoms with Crippen LogP contribution in [-0.4, -0.2) is 23.0 Å². The van der Waals surface area contributed by atoms with Crippen molar-refractivity contribution in [3.05, 3.63) is 59.6 Å². The van der Waals surface area contributed by atoms with Crippen LogP contribution in [0.3, 0.4) is 0 Å². The maximum atomic E-state index is 5.35. The number of rotatable bonds is 3. The third-order valence-corrected chi connectivity index (χ3v) is 5.53. The molecular formula is C20H17N3OS. The molecule has 1 N–H and O–H groups in total. The number of nitrogens with one attached hydrogen (secondary N) is 1. The van der Waals surface area contributed by atoms with E-state index in [4.69, 9.17) is 9.72 Å². The summed E-state index contributed by atoms with van der Waals surface area (Å²) in [7, 11) is 1.69. The van der Waals surface area contributed by atoms with E-state index in [0.717, 1.165) is 40.6 Å². The standard InChI is InChI=1S/C20H17N3OS/c1-24-16-4-2-3-15(10-16)19-12-25-20-22-18(11-23(19)20)13-5-6-17-14(9-13)7-8-21-17/h2-6,9-12,21H,7-8H2,1H3. The van der Waals surface area contributed by atoms with E-state index < -0.39 is 0 Å². The molecule has 0 aliphatic carbocycles. The molecule has 5 rings (SSSR count). The summed E-state index contributed by atoms with van der Waals surface area (Å²) < 4.78 is 7.52. The van der Waals surface area contributed by atoms with Gasteiger partial charge in [-0.3, -0.25) is 4.40 Å². The summed E-state index contributed by atoms with van der Waals surface area (Å²) in [6.45, 7) is 1.02. The number of hydrogen-bond acceptors (Lipinski definition) is 4. The van der Waals surface area contributed by atoms with Crippen molar-refractivity contribution in [2.24, 2.45) is 0 Å². The third kappa shape index (κ3) is 2.39. The van der Waals surface area contributed by atoms with E-state index in [1.54, 1.807) is 18.4 Å². The lowest BCUT2D eigenvalue weighted by atomic mass is 10.1. The Morgan fingerprint density at radius 2 is 2.12 bits per heavy atom. The van der Waals surface area contributed by atoms with Gasteiger partial charge >= 0.3 is 0 Å². The van der Waals surface area contributed by atoms with E-state index in [9.17, 15) is 0 Å². The molecule has 2 aromatic heterocycles. The zero-order chi connectivity index (χ0) is 16.8. The number of anilines is 1. The largest absolute Gasteiger partial charge is 0.497 e. The molecule has 0 bridgehead atoms. The summed E-state index contributed by atoms with van der Waals surface area (Å²) in [4.78, 5) is 5.83. The minimum absolute atomic E-state index is 0.864. The Morgan fingerprint density at radius 3 is 3.04 bits per heavy atom. The summed E-state index contributed by atoms with van der Waals surface area (Å²) in [5.74, 6) is 0.864. The van der Waals surface area contributed by atoms with Crippen molar-refractivity contribution in [2.45, 2.75) is 6.42 Å². The van der Waals surface area contributed by atoms with Crippen LogP contribution in [0.4, 0.5) is 5.69 Å². The number of imidazole rings is 1. The van der Waals surface area contributed by atoms with Gasteiger partial charge in [0.25, 0.3) is 0 Å². The molecule has 0 unspecified atom stereocenters. The fraction of sp³-hybridized carbons (Fsp3) is 0.150. The molecule has 0 spiro atoms. The van der Waals surface area contributed by atoms with Gasteiger partial charge in [0.15, 0.2) is 4.96 Å². The first-order valence-corrected chi connectivity index (χ1v) is 9.18. The van der Waals surface area contributed by atoms with Crippen LogP contribution >= 0.6 is 11.3 Å². The molecule has 0 amide bonds. The van der Waals surface area contributed by atoms with E-state index in [2.05, 4.69) is 51.6 Å². The topological polar surface area (TPSA) is 38.6 Å². The van der Waals surface area contributed by atoms with Crippen LogP contribution in [0.2, 0.25) is 0 Å². The number of aromatic nitrogens is 2. The molecule has 124 valence electrons. The highest BCUT2D eigenvalue weighted by Crippen LogP contribution is 2.32. The molecule has 25 heavy (non-hydrogen) atoms. The van der Waals surface area contributed by atoms with E-state index in [1.807, 2.05) is 12.1 Å². The van der Waals surface area contributed by atoms with Gasteiger partial charge in [-0.15, -0.1) is 11.3 Å². The predicted octanol–water partition coefficient (Wildman–Crippen LogP) is 4.71. The first kappa shape index (κ1) is 14.5. The zero-order valence-electron chi connectivity index (χ0n) is 13.8. The van der Waals surface area contributed by atoms with Crippen LogP contribution in [0.5, 0.6) is 5.75 Å². The van der Waals surface area contributed by atoms with Gasteiger partial charge in [-0.25, -0.2) is 4.98 Å². The fourth-order valence-corrected chi connectivity index (χ4v) is 4.26. The number of nitrogens with zero attached hydrogens (tertiary/aromatic N) is 2. The normalized spacial score (nSPS) is 13.0. The van der Waals surface area contributed by atoms with Crippen LogP contribution in [0.1, 0.15) is 5.56 Å². The second-order valence-electron chi connectivity index (χ2n) is 6.18. The van der Waals surface area contributed by atoms with E-state index in [1.165, 1.54) is 16.8 Å². The van der Waals surface area contributed by atoms with Crippen LogP contribution in [0, 0.1) is 0 Å². The highest BCUT2D eigenvalue weighted by Gasteiger charge is 2.14. The Balaban J connectivity index is 1.60. The molecule has 0 fully saturated rings. The molecule has 4 aromatic rings. The van der Waals surface area contributed by atoms with Gasteiger partial charge in [-0.2, -0.15) is 0 Å². The first-order valence-electron chi connectivity index (χ1n) is 8.30. The highest BCUT2D eigenvalue weighted by atomic mass is 32.1. The second kappa shape index (κ2) is 5.63. The Hall–Kier alpha value is -2.79. The number of methoxy groups -OCH3 is 1. The molecule has 4 nitrogen and oxygen atoms in total. The van der Waals surface area contributed by atoms with Crippen molar-refractivity contribution < 1.29 is 4.74 Å². The number of fused-ring (bicyclic) bond motifs is 2. The van der Waals surface area contributed by atoms with Crippen molar-refractivity contribution in [1.82, 2.24) is 9.38 Å². The van der Waals surface area contributed by atoms with Crippen LogP contribution in [0.25, 0.3) is 27.5 Å². The van der Waals surface area contributed by atoms with Gasteiger partial charge in [0.1, 0.15) is 5.75 Å². The molecule has 0 radical (unpaired) electrons. The molecule has 0 saturated carbocycles. The Labute approximate surface area is 149 Å². The summed E-state index contributed by atoms with van der Waals surface area (Å²) >= 11 is 1.66. The fourth-order valence-electron chi connectivity index (χ4n) is 3.38. The number of thiazole rings is 1. The van der Waals surface area contributed by atoms with Gasteiger partial charge in [-0.05, 0) is 36.2 Å². The lowest BCUT2D eigenvalue weighted by Gasteiger charge is -2.04. The minimum atomic E-state index is 0.864. The summed E-state index contributed by atoms with van der Waals surface area (Å²) in [5.41, 5.74) is 7.09. The van der Waals surface area contributed by atoms with Crippen molar-refractivity contribution in [3.63, 3.8) is 0 Å². The van der Waals surface area contributed by atoms with Crippen LogP contribution < -0.4 is 10.1 Å². The van der Waals surface area contributed by atoms with E-state index in [-0.39, 0.29) is 0 Å². The minimum Gasteiger partial charge on any atom is -0.497 e. The lowest BCUT2D eigenvalue weighted by molar-refractivity contribution is 0.415. The van der Waals surface area contributed by atoms with Crippen LogP contribution in [-0.2, 0) is 6.42 Å². The van der Waals surface area contributed by atoms with Gasteiger partial charge in [-0.1, -0.05) is 18.2 Å². The molecule has 0 saturated heterocycles. The van der Waals surface area contributed by atoms with Gasteiger partial charge < -0.3 is 10.1 Å². The van der Waals surface area contributed by atoms with Crippen molar-refractivity contribution in [2.75, 3.05) is 19.0 Å². The summed E-state index contributed by atoms with van der Waals surface area (Å²) in [6.07, 6.45) is 3.21. The summed E-state index contributed by atoms with van der Waals surface area (Å²) in [6, 6.07) is 14.7. The SMILES string of the molecule is COc1cccc(-c2csc3nc(-c4ccc5c(c4)CCN5)cn23)c1. The molecule has 1 aliphatic rings. The molecule has 1 aliphatic heterocycles. The maximum absolute atomic E-state index is 5.35. The Bertz CT molecular complexity index is 1080. The Morgan fingerprint density at radius 1 is 1.16 bits per heavy atom. The third-order valence-electron chi connectivity index (χ3n) is 4.69. The molecule has 5 heteroatoms. The van der Waals surface area contributed by atoms with E-state index in [0.29, 0.717) is 0 Å². The van der Waals surface area contributed by atoms with Crippen LogP contribution in [0.15, 0.2) is 54.0 Å². The first-order chi connectivity index (χ1) is 12.3. The van der Waals surface area contributed by atoms with Gasteiger partial charge in [0.05, 0.1) is 18.5 Å². The quantitative estimate of drug-likeness (QED) is 0.583. The van der Waals surface area contributed by atoms with Gasteiger partial charge in [0.2, 0.25) is 0 Å². The zero-order valence-corrected chi connectivity index (χ0v) is 14.6. The summed E-state index contributed by atoms with van der Waals surface area (Å²) in [5, 5.41) is 5.55. The van der Waals surface area contributed by atoms with E-state index >= 15 is 0 Å². The average molecular weight is 347 g/mol. The molecule has 2 aromatic carbocycles. The Kier molecular flexibility index (Phi) is 3.28. The van der Waals surface area contributed by atoms with Crippen molar-refractivity contribution in [3.8, 4) is 28.3 Å². The highest BCUT2D eigenvalue weighted by molar-refractivity contribution is 7.15. The molecular weight excluding hydrogens is 330 g/mol. The van der Waals surface area contributed by atoms with Crippen molar-refractivity contribution >= 4 is 22.0 Å². The monoisotopic (exact) mass is 347 g/mol. The number of ether oxygens (including phenoxy) is 1. The average Bonchev–Trinajstić information content (AvgIpc) is 3.35. The number of benzene rings is 2.